The van der Waals surface area contributed by atoms with Crippen LogP contribution in [-0.4, -0.2) is 18.1 Å². The van der Waals surface area contributed by atoms with Gasteiger partial charge >= 0.3 is 5.97 Å². The molecule has 1 aromatic heterocycles. The van der Waals surface area contributed by atoms with Gasteiger partial charge in [-0.3, -0.25) is 0 Å². The number of hydrogen-bond acceptors (Lipinski definition) is 2. The largest absolute Gasteiger partial charge is 0.465 e. The number of nitrogens with one attached hydrogen (secondary N) is 1. The first-order valence-electron chi connectivity index (χ1n) is 6.04. The Balaban J connectivity index is 2.07. The topological polar surface area (TPSA) is 42.1 Å². The minimum Gasteiger partial charge on any atom is -0.465 e. The highest BCUT2D eigenvalue weighted by Gasteiger charge is 2.07. The lowest BCUT2D eigenvalue weighted by Crippen LogP contribution is -2.00. The monoisotopic (exact) mass is 251 g/mol. The smallest absolute Gasteiger partial charge is 0.337 e. The number of hydrogen-bond donors (Lipinski definition) is 1. The van der Waals surface area contributed by atoms with Gasteiger partial charge < -0.3 is 9.72 Å². The Bertz CT molecular complexity index is 743. The molecule has 19 heavy (non-hydrogen) atoms. The highest BCUT2D eigenvalue weighted by atomic mass is 16.5. The number of aromatic nitrogens is 1. The van der Waals surface area contributed by atoms with Crippen LogP contribution in [0.15, 0.2) is 54.7 Å². The fourth-order valence-corrected chi connectivity index (χ4v) is 2.18. The van der Waals surface area contributed by atoms with Gasteiger partial charge in [0.25, 0.3) is 0 Å². The van der Waals surface area contributed by atoms with Gasteiger partial charge in [0.1, 0.15) is 0 Å². The Labute approximate surface area is 110 Å². The van der Waals surface area contributed by atoms with Crippen molar-refractivity contribution >= 4 is 16.9 Å². The molecule has 3 nitrogen and oxygen atoms in total. The van der Waals surface area contributed by atoms with Crippen molar-refractivity contribution in [1.82, 2.24) is 4.98 Å². The molecule has 0 atom stereocenters. The van der Waals surface area contributed by atoms with Crippen molar-refractivity contribution < 1.29 is 9.53 Å². The number of carbonyl (C=O) groups is 1. The summed E-state index contributed by atoms with van der Waals surface area (Å²) in [6.07, 6.45) is 1.92. The Morgan fingerprint density at radius 1 is 1.05 bits per heavy atom. The molecule has 0 saturated carbocycles. The van der Waals surface area contributed by atoms with Crippen LogP contribution in [-0.2, 0) is 4.74 Å². The third-order valence-corrected chi connectivity index (χ3v) is 3.17. The van der Waals surface area contributed by atoms with Crippen LogP contribution in [0.4, 0.5) is 0 Å². The third kappa shape index (κ3) is 2.10. The molecule has 1 heterocycles. The summed E-state index contributed by atoms with van der Waals surface area (Å²) >= 11 is 0. The first-order valence-corrected chi connectivity index (χ1v) is 6.04. The summed E-state index contributed by atoms with van der Waals surface area (Å²) in [4.78, 5) is 14.7. The second-order valence-corrected chi connectivity index (χ2v) is 4.35. The van der Waals surface area contributed by atoms with Crippen LogP contribution in [0, 0.1) is 0 Å². The van der Waals surface area contributed by atoms with Gasteiger partial charge in [0.05, 0.1) is 12.7 Å². The molecular formula is C16H13NO2. The zero-order valence-electron chi connectivity index (χ0n) is 10.5. The van der Waals surface area contributed by atoms with E-state index in [4.69, 9.17) is 4.74 Å². The summed E-state index contributed by atoms with van der Waals surface area (Å²) in [5.41, 5.74) is 3.76. The second kappa shape index (κ2) is 4.61. The molecule has 0 bridgehead atoms. The Hall–Kier alpha value is -2.55. The van der Waals surface area contributed by atoms with E-state index in [-0.39, 0.29) is 5.97 Å². The molecule has 0 saturated heterocycles. The summed E-state index contributed by atoms with van der Waals surface area (Å²) in [5.74, 6) is -0.315. The molecule has 94 valence electrons. The maximum absolute atomic E-state index is 11.5. The van der Waals surface area contributed by atoms with Crippen molar-refractivity contribution in [1.29, 1.82) is 0 Å². The van der Waals surface area contributed by atoms with Crippen molar-refractivity contribution in [2.45, 2.75) is 0 Å². The Kier molecular flexibility index (Phi) is 2.80. The van der Waals surface area contributed by atoms with Crippen molar-refractivity contribution in [2.75, 3.05) is 7.11 Å². The van der Waals surface area contributed by atoms with Crippen LogP contribution in [0.5, 0.6) is 0 Å². The molecular weight excluding hydrogens is 238 g/mol. The quantitative estimate of drug-likeness (QED) is 0.707. The van der Waals surface area contributed by atoms with Crippen LogP contribution in [0.3, 0.4) is 0 Å². The molecule has 3 heteroatoms. The third-order valence-electron chi connectivity index (χ3n) is 3.17. The zero-order valence-corrected chi connectivity index (χ0v) is 10.5. The number of ether oxygens (including phenoxy) is 1. The lowest BCUT2D eigenvalue weighted by molar-refractivity contribution is 0.0601. The summed E-state index contributed by atoms with van der Waals surface area (Å²) in [5, 5.41) is 1.15. The standard InChI is InChI=1S/C16H13NO2/c1-19-16(18)14-4-2-3-11(10-14)12-5-6-15-13(9-12)7-8-17-15/h2-10,17H,1H3. The number of benzene rings is 2. The fourth-order valence-electron chi connectivity index (χ4n) is 2.18. The lowest BCUT2D eigenvalue weighted by Gasteiger charge is -2.05. The number of carbonyl (C=O) groups excluding carboxylic acids is 1. The second-order valence-electron chi connectivity index (χ2n) is 4.35. The summed E-state index contributed by atoms with van der Waals surface area (Å²) in [7, 11) is 1.39. The molecule has 3 aromatic rings. The molecule has 0 radical (unpaired) electrons. The molecule has 3 rings (SSSR count). The van der Waals surface area contributed by atoms with E-state index in [0.29, 0.717) is 5.56 Å². The van der Waals surface area contributed by atoms with E-state index < -0.39 is 0 Å². The van der Waals surface area contributed by atoms with Crippen molar-refractivity contribution in [3.8, 4) is 11.1 Å². The first kappa shape index (κ1) is 11.5. The van der Waals surface area contributed by atoms with Crippen LogP contribution in [0.25, 0.3) is 22.0 Å². The van der Waals surface area contributed by atoms with Crippen molar-refractivity contribution in [3.05, 3.63) is 60.3 Å². The number of aromatic amines is 1. The average molecular weight is 251 g/mol. The molecule has 0 amide bonds. The van der Waals surface area contributed by atoms with E-state index >= 15 is 0 Å². The Morgan fingerprint density at radius 2 is 1.89 bits per heavy atom. The molecule has 0 spiro atoms. The van der Waals surface area contributed by atoms with Gasteiger partial charge in [0.15, 0.2) is 0 Å². The lowest BCUT2D eigenvalue weighted by atomic mass is 10.0. The van der Waals surface area contributed by atoms with Gasteiger partial charge in [-0.2, -0.15) is 0 Å². The van der Waals surface area contributed by atoms with E-state index in [2.05, 4.69) is 11.1 Å². The van der Waals surface area contributed by atoms with Crippen LogP contribution in [0.1, 0.15) is 10.4 Å². The fraction of sp³-hybridized carbons (Fsp3) is 0.0625. The number of fused-ring (bicyclic) bond motifs is 1. The normalized spacial score (nSPS) is 10.6. The predicted molar refractivity (Wildman–Crippen MR) is 75.1 cm³/mol. The number of methoxy groups -OCH3 is 1. The van der Waals surface area contributed by atoms with Gasteiger partial charge in [0.2, 0.25) is 0 Å². The van der Waals surface area contributed by atoms with Crippen molar-refractivity contribution in [3.63, 3.8) is 0 Å². The van der Waals surface area contributed by atoms with Gasteiger partial charge in [-0.25, -0.2) is 4.79 Å². The maximum atomic E-state index is 11.5. The van der Waals surface area contributed by atoms with Crippen LogP contribution >= 0.6 is 0 Å². The van der Waals surface area contributed by atoms with Gasteiger partial charge in [-0.05, 0) is 46.8 Å². The average Bonchev–Trinajstić information content (AvgIpc) is 2.94. The first-order chi connectivity index (χ1) is 9.28. The highest BCUT2D eigenvalue weighted by Crippen LogP contribution is 2.24. The maximum Gasteiger partial charge on any atom is 0.337 e. The molecule has 0 unspecified atom stereocenters. The minimum absolute atomic E-state index is 0.315. The number of rotatable bonds is 2. The van der Waals surface area contributed by atoms with E-state index in [1.54, 1.807) is 6.07 Å². The van der Waals surface area contributed by atoms with Gasteiger partial charge in [-0.1, -0.05) is 18.2 Å². The molecule has 1 N–H and O–H groups in total. The summed E-state index contributed by atoms with van der Waals surface area (Å²) in [6.45, 7) is 0. The molecule has 2 aromatic carbocycles. The predicted octanol–water partition coefficient (Wildman–Crippen LogP) is 3.62. The molecule has 0 aliphatic carbocycles. The number of H-pyrrole nitrogens is 1. The highest BCUT2D eigenvalue weighted by molar-refractivity contribution is 5.92. The summed E-state index contributed by atoms with van der Waals surface area (Å²) < 4.78 is 4.74. The van der Waals surface area contributed by atoms with E-state index in [0.717, 1.165) is 22.0 Å². The van der Waals surface area contributed by atoms with Crippen molar-refractivity contribution in [2.24, 2.45) is 0 Å². The van der Waals surface area contributed by atoms with E-state index in [9.17, 15) is 4.79 Å². The van der Waals surface area contributed by atoms with E-state index in [1.807, 2.05) is 42.6 Å². The zero-order chi connectivity index (χ0) is 13.2. The van der Waals surface area contributed by atoms with Crippen LogP contribution in [0.2, 0.25) is 0 Å². The van der Waals surface area contributed by atoms with Gasteiger partial charge in [0, 0.05) is 11.7 Å². The summed E-state index contributed by atoms with van der Waals surface area (Å²) in [6, 6.07) is 15.7. The number of esters is 1. The molecule has 0 fully saturated rings. The SMILES string of the molecule is COC(=O)c1cccc(-c2ccc3[nH]ccc3c2)c1. The van der Waals surface area contributed by atoms with Gasteiger partial charge in [-0.15, -0.1) is 0 Å². The Morgan fingerprint density at radius 3 is 2.74 bits per heavy atom. The van der Waals surface area contributed by atoms with E-state index in [1.165, 1.54) is 7.11 Å². The minimum atomic E-state index is -0.315. The van der Waals surface area contributed by atoms with Crippen LogP contribution < -0.4 is 0 Å². The molecule has 0 aliphatic rings. The molecule has 0 aliphatic heterocycles.